The Morgan fingerprint density at radius 2 is 1.93 bits per heavy atom. The van der Waals surface area contributed by atoms with Crippen LogP contribution in [-0.4, -0.2) is 20.3 Å². The molecule has 28 heavy (non-hydrogen) atoms. The summed E-state index contributed by atoms with van der Waals surface area (Å²) in [7, 11) is 1.96. The molecule has 0 bridgehead atoms. The van der Waals surface area contributed by atoms with Crippen LogP contribution < -0.4 is 0 Å². The molecule has 4 rings (SSSR count). The normalized spacial score (nSPS) is 13.9. The number of imidazole rings is 1. The third-order valence-electron chi connectivity index (χ3n) is 4.61. The summed E-state index contributed by atoms with van der Waals surface area (Å²) in [5, 5.41) is 1.89. The van der Waals surface area contributed by atoms with Gasteiger partial charge in [0.25, 0.3) is 0 Å². The molecule has 4 nitrogen and oxygen atoms in total. The average Bonchev–Trinajstić information content (AvgIpc) is 3.14. The molecule has 0 aliphatic heterocycles. The van der Waals surface area contributed by atoms with Crippen molar-refractivity contribution >= 4 is 22.6 Å². The minimum Gasteiger partial charge on any atom is -0.331 e. The van der Waals surface area contributed by atoms with Crippen LogP contribution in [0.2, 0.25) is 0 Å². The standard InChI is InChI=1S/C24H21N3O/c1-17-25-16-24(27(17)2)19-9-10-20-15-26-22(13-21(20)12-19)14-23(28)11-8-18-6-4-3-5-7-18/h3-13,15-16H,14H2,1-2H3/b11-8+/i3D,4D,5D,6D,7D. The molecule has 0 radical (unpaired) electrons. The molecule has 4 heteroatoms. The Bertz CT molecular complexity index is 1410. The maximum atomic E-state index is 12.5. The van der Waals surface area contributed by atoms with Gasteiger partial charge in [-0.2, -0.15) is 0 Å². The summed E-state index contributed by atoms with van der Waals surface area (Å²) in [6.07, 6.45) is 6.07. The van der Waals surface area contributed by atoms with Crippen LogP contribution in [0.15, 0.2) is 72.9 Å². The predicted molar refractivity (Wildman–Crippen MR) is 113 cm³/mol. The van der Waals surface area contributed by atoms with Crippen LogP contribution in [0.5, 0.6) is 0 Å². The number of nitrogens with zero attached hydrogens (tertiary/aromatic N) is 3. The Morgan fingerprint density at radius 1 is 1.11 bits per heavy atom. The van der Waals surface area contributed by atoms with E-state index in [4.69, 9.17) is 6.85 Å². The molecule has 4 aromatic rings. The lowest BCUT2D eigenvalue weighted by Gasteiger charge is -2.07. The van der Waals surface area contributed by atoms with Crippen molar-refractivity contribution in [2.75, 3.05) is 0 Å². The highest BCUT2D eigenvalue weighted by molar-refractivity contribution is 5.95. The largest absolute Gasteiger partial charge is 0.331 e. The monoisotopic (exact) mass is 372 g/mol. The Kier molecular flexibility index (Phi) is 3.47. The molecule has 0 aliphatic rings. The second kappa shape index (κ2) is 7.61. The molecule has 0 amide bonds. The summed E-state index contributed by atoms with van der Waals surface area (Å²) in [6, 6.07) is 5.87. The lowest BCUT2D eigenvalue weighted by Crippen LogP contribution is -2.00. The molecule has 0 fully saturated rings. The highest BCUT2D eigenvalue weighted by atomic mass is 16.1. The van der Waals surface area contributed by atoms with Gasteiger partial charge in [-0.3, -0.25) is 9.78 Å². The van der Waals surface area contributed by atoms with Crippen LogP contribution in [0, 0.1) is 6.92 Å². The zero-order chi connectivity index (χ0) is 23.9. The van der Waals surface area contributed by atoms with Crippen LogP contribution >= 0.6 is 0 Å². The number of rotatable bonds is 5. The van der Waals surface area contributed by atoms with E-state index in [1.807, 2.05) is 49.0 Å². The van der Waals surface area contributed by atoms with E-state index in [2.05, 4.69) is 9.97 Å². The van der Waals surface area contributed by atoms with Crippen LogP contribution in [-0.2, 0) is 18.3 Å². The Hall–Kier alpha value is -3.53. The van der Waals surface area contributed by atoms with Gasteiger partial charge in [-0.05, 0) is 36.1 Å². The molecular weight excluding hydrogens is 346 g/mol. The van der Waals surface area contributed by atoms with Crippen LogP contribution in [0.1, 0.15) is 23.9 Å². The zero-order valence-corrected chi connectivity index (χ0v) is 15.6. The van der Waals surface area contributed by atoms with Gasteiger partial charge in [0.1, 0.15) is 5.82 Å². The van der Waals surface area contributed by atoms with E-state index >= 15 is 0 Å². The second-order valence-corrected chi connectivity index (χ2v) is 6.50. The summed E-state index contributed by atoms with van der Waals surface area (Å²) in [4.78, 5) is 21.2. The van der Waals surface area contributed by atoms with Gasteiger partial charge < -0.3 is 4.57 Å². The smallest absolute Gasteiger partial charge is 0.161 e. The average molecular weight is 372 g/mol. The van der Waals surface area contributed by atoms with Crippen LogP contribution in [0.3, 0.4) is 0 Å². The maximum absolute atomic E-state index is 12.5. The molecule has 2 aromatic carbocycles. The molecule has 0 N–H and O–H groups in total. The summed E-state index contributed by atoms with van der Waals surface area (Å²) in [5.41, 5.74) is 2.56. The fourth-order valence-corrected chi connectivity index (χ4v) is 2.97. The predicted octanol–water partition coefficient (Wildman–Crippen LogP) is 4.77. The maximum Gasteiger partial charge on any atom is 0.161 e. The summed E-state index contributed by atoms with van der Waals surface area (Å²) in [5.74, 6) is 0.629. The first-order chi connectivity index (χ1) is 15.7. The number of ketones is 1. The van der Waals surface area contributed by atoms with E-state index in [1.165, 1.54) is 12.2 Å². The fourth-order valence-electron chi connectivity index (χ4n) is 2.97. The molecule has 0 aliphatic carbocycles. The third-order valence-corrected chi connectivity index (χ3v) is 4.61. The summed E-state index contributed by atoms with van der Waals surface area (Å²) in [6.45, 7) is 1.94. The van der Waals surface area contributed by atoms with Crippen molar-refractivity contribution in [3.05, 3.63) is 90.0 Å². The van der Waals surface area contributed by atoms with Crippen molar-refractivity contribution in [1.29, 1.82) is 0 Å². The molecule has 2 heterocycles. The van der Waals surface area contributed by atoms with Crippen LogP contribution in [0.4, 0.5) is 0 Å². The topological polar surface area (TPSA) is 47.8 Å². The van der Waals surface area contributed by atoms with E-state index in [0.717, 1.165) is 27.9 Å². The summed E-state index contributed by atoms with van der Waals surface area (Å²) >= 11 is 0. The van der Waals surface area contributed by atoms with Crippen molar-refractivity contribution < 1.29 is 11.6 Å². The highest BCUT2D eigenvalue weighted by Crippen LogP contribution is 2.25. The number of allylic oxidation sites excluding steroid dienone is 1. The van der Waals surface area contributed by atoms with Gasteiger partial charge >= 0.3 is 0 Å². The van der Waals surface area contributed by atoms with Crippen molar-refractivity contribution in [2.45, 2.75) is 13.3 Å². The molecular formula is C24H21N3O. The number of aromatic nitrogens is 3. The highest BCUT2D eigenvalue weighted by Gasteiger charge is 2.08. The first-order valence-electron chi connectivity index (χ1n) is 11.3. The summed E-state index contributed by atoms with van der Waals surface area (Å²) < 4.78 is 41.0. The molecule has 0 atom stereocenters. The third kappa shape index (κ3) is 3.76. The van der Waals surface area contributed by atoms with Gasteiger partial charge in [0.2, 0.25) is 0 Å². The first-order valence-corrected chi connectivity index (χ1v) is 8.82. The van der Waals surface area contributed by atoms with Gasteiger partial charge in [-0.25, -0.2) is 4.98 Å². The zero-order valence-electron chi connectivity index (χ0n) is 20.6. The molecule has 0 unspecified atom stereocenters. The Balaban J connectivity index is 1.59. The van der Waals surface area contributed by atoms with Crippen molar-refractivity contribution in [3.63, 3.8) is 0 Å². The number of pyridine rings is 1. The number of benzene rings is 2. The van der Waals surface area contributed by atoms with Crippen molar-refractivity contribution in [3.8, 4) is 11.3 Å². The van der Waals surface area contributed by atoms with Crippen LogP contribution in [0.25, 0.3) is 28.1 Å². The number of fused-ring (bicyclic) bond motifs is 1. The number of carbonyl (C=O) groups is 1. The Morgan fingerprint density at radius 3 is 2.68 bits per heavy atom. The van der Waals surface area contributed by atoms with Gasteiger partial charge in [0, 0.05) is 29.9 Å². The van der Waals surface area contributed by atoms with Gasteiger partial charge in [0.15, 0.2) is 5.78 Å². The SMILES string of the molecule is [2H]c1c([2H])c([2H])c(/C=C/C(=O)Cc2cc3cc(-c4cnc(C)n4C)ccc3cn2)c([2H])c1[2H]. The van der Waals surface area contributed by atoms with Gasteiger partial charge in [0.05, 0.1) is 25.2 Å². The lowest BCUT2D eigenvalue weighted by molar-refractivity contribution is -0.114. The van der Waals surface area contributed by atoms with Gasteiger partial charge in [-0.15, -0.1) is 0 Å². The minimum atomic E-state index is -0.463. The quantitative estimate of drug-likeness (QED) is 0.474. The van der Waals surface area contributed by atoms with E-state index in [1.54, 1.807) is 6.20 Å². The lowest BCUT2D eigenvalue weighted by atomic mass is 10.0. The number of carbonyl (C=O) groups excluding carboxylic acids is 1. The first kappa shape index (κ1) is 12.8. The molecule has 0 saturated heterocycles. The number of aryl methyl sites for hydroxylation is 1. The minimum absolute atomic E-state index is 0.0167. The Labute approximate surface area is 171 Å². The van der Waals surface area contributed by atoms with E-state index in [9.17, 15) is 4.79 Å². The van der Waals surface area contributed by atoms with Crippen molar-refractivity contribution in [1.82, 2.24) is 14.5 Å². The van der Waals surface area contributed by atoms with E-state index in [-0.39, 0.29) is 29.9 Å². The fraction of sp³-hybridized carbons (Fsp3) is 0.125. The van der Waals surface area contributed by atoms with Crippen molar-refractivity contribution in [2.24, 2.45) is 7.05 Å². The molecule has 0 spiro atoms. The number of hydrogen-bond donors (Lipinski definition) is 0. The second-order valence-electron chi connectivity index (χ2n) is 6.50. The molecule has 0 saturated carbocycles. The van der Waals surface area contributed by atoms with E-state index in [0.29, 0.717) is 5.69 Å². The molecule has 138 valence electrons. The molecule has 2 aromatic heterocycles. The van der Waals surface area contributed by atoms with Gasteiger partial charge in [-0.1, -0.05) is 48.4 Å². The van der Waals surface area contributed by atoms with E-state index < -0.39 is 18.1 Å². The number of hydrogen-bond acceptors (Lipinski definition) is 3.